The third kappa shape index (κ3) is 141. The first-order chi connectivity index (χ1) is 48.0. The van der Waals surface area contributed by atoms with Crippen LogP contribution in [0.2, 0.25) is 0 Å². The Morgan fingerprint density at radius 3 is 1.02 bits per heavy atom. The number of isothiocyanates is 1. The average Bonchev–Trinajstić information content (AvgIpc) is 1.70. The van der Waals surface area contributed by atoms with Crippen LogP contribution in [0.15, 0.2) is 63.5 Å². The van der Waals surface area contributed by atoms with Crippen molar-refractivity contribution in [2.45, 2.75) is 386 Å². The molecule has 0 fully saturated rings. The first kappa shape index (κ1) is 136. The number of nitrogens with one attached hydrogen (secondary N) is 2. The number of carbonyl (C=O) groups excluding carboxylic acids is 8. The van der Waals surface area contributed by atoms with Gasteiger partial charge < -0.3 is 15.3 Å². The summed E-state index contributed by atoms with van der Waals surface area (Å²) in [6.07, 6.45) is 10.9. The van der Waals surface area contributed by atoms with Gasteiger partial charge in [-0.2, -0.15) is 0 Å². The molecule has 0 aromatic carbocycles. The summed E-state index contributed by atoms with van der Waals surface area (Å²) in [5.74, 6) is 15.0. The molecule has 0 atom stereocenters. The van der Waals surface area contributed by atoms with Crippen LogP contribution in [0, 0.1) is 32.5 Å². The number of imide groups is 1. The molecule has 0 bridgehead atoms. The number of hydrazine groups is 2. The Labute approximate surface area is 698 Å². The highest BCUT2D eigenvalue weighted by molar-refractivity contribution is 8.76. The number of nitrogens with zero attached hydrogens (tertiary/aromatic N) is 4. The van der Waals surface area contributed by atoms with E-state index in [-0.39, 0.29) is 84.1 Å². The van der Waals surface area contributed by atoms with Gasteiger partial charge in [0.25, 0.3) is 11.8 Å². The Morgan fingerprint density at radius 1 is 0.640 bits per heavy atom. The lowest BCUT2D eigenvalue weighted by Crippen LogP contribution is -2.45. The van der Waals surface area contributed by atoms with E-state index in [0.717, 1.165) is 16.7 Å². The number of ketones is 3. The van der Waals surface area contributed by atoms with Crippen molar-refractivity contribution in [3.8, 4) is 0 Å². The number of aliphatic imine (C=N–C) groups is 2. The number of carbonyl (C=O) groups is 7. The summed E-state index contributed by atoms with van der Waals surface area (Å²) >= 11 is 4.38. The molecule has 0 saturated heterocycles. The number of hydrogen-bond acceptors (Lipinski definition) is 24. The minimum absolute atomic E-state index is 0. The maximum atomic E-state index is 11.0. The molecule has 111 heavy (non-hydrogen) atoms. The molecule has 1 aliphatic heterocycles. The van der Waals surface area contributed by atoms with Crippen molar-refractivity contribution in [2.24, 2.45) is 65.8 Å². The molecule has 0 radical (unpaired) electrons. The fraction of sp³-hybridized carbons (Fsp3) is 0.780. The van der Waals surface area contributed by atoms with E-state index in [9.17, 15) is 55.2 Å². The normalized spacial score (nSPS) is 12.2. The smallest absolute Gasteiger partial charge is 0.254 e. The zero-order valence-electron chi connectivity index (χ0n) is 78.8. The topological polar surface area (TPSA) is 383 Å². The molecule has 23 nitrogen and oxygen atoms in total. The molecule has 3 amide bonds. The van der Waals surface area contributed by atoms with Crippen LogP contribution < -0.4 is 34.2 Å². The monoisotopic (exact) mass is 1700 g/mol. The van der Waals surface area contributed by atoms with Crippen LogP contribution in [-0.2, 0) is 62.1 Å². The molecular weight excluding hydrogens is 1530 g/mol. The van der Waals surface area contributed by atoms with Crippen LogP contribution in [0.5, 0.6) is 0 Å². The fourth-order valence-electron chi connectivity index (χ4n) is 3.75. The minimum atomic E-state index is -3.37. The van der Waals surface area contributed by atoms with E-state index in [1.54, 1.807) is 104 Å². The van der Waals surface area contributed by atoms with Gasteiger partial charge >= 0.3 is 0 Å². The number of Topliss-reactive ketones (excluding diaryl/α,β-unsaturated/α-hetero) is 3. The van der Waals surface area contributed by atoms with Gasteiger partial charge in [0.2, 0.25) is 21.0 Å². The first-order valence-electron chi connectivity index (χ1n) is 36.3. The van der Waals surface area contributed by atoms with Crippen molar-refractivity contribution in [3.63, 3.8) is 0 Å². The highest BCUT2D eigenvalue weighted by Crippen LogP contribution is 2.26. The Kier molecular flexibility index (Phi) is 75.9. The second-order valence-electron chi connectivity index (χ2n) is 40.1. The number of sulfone groups is 1. The summed E-state index contributed by atoms with van der Waals surface area (Å²) in [6, 6.07) is 5.91. The van der Waals surface area contributed by atoms with Crippen LogP contribution in [0.25, 0.3) is 0 Å². The Hall–Kier alpha value is -4.25. The molecule has 0 spiro atoms. The van der Waals surface area contributed by atoms with E-state index in [0.29, 0.717) is 30.5 Å². The molecule has 0 unspecified atom stereocenters. The van der Waals surface area contributed by atoms with Gasteiger partial charge in [-0.25, -0.2) is 48.3 Å². The summed E-state index contributed by atoms with van der Waals surface area (Å²) in [6.45, 7) is 90.5. The number of pyridine rings is 1. The summed E-state index contributed by atoms with van der Waals surface area (Å²) in [4.78, 5) is 101. The third-order valence-corrected chi connectivity index (χ3v) is 16.4. The molecule has 1 aliphatic rings. The predicted octanol–water partition coefficient (Wildman–Crippen LogP) is 19.9. The molecule has 0 saturated carbocycles. The number of amides is 3. The lowest BCUT2D eigenvalue weighted by Gasteiger charge is -2.29. The number of aldehydes is 1. The SMILES string of the molecule is C=CS(=O)(=O)C(C)(C)C.CC(=O)C(C)(C)C.CC(=O)CC(C)(C)C.CC(C)(C)C.CC(C)(C)C(=O)NN.CC(C)(C)C=O.CC(C)(C)N.CC(C)(C)N1C(=O)C=CC1=O.CC(C)(C)N=C=O.CC(C)(C)N=C=S.CC(C)(C)NN.CC(C)(C)ON.CC(C)(C)S(=O)(=O)Cl.CCC(=O)CC(C)(C)C.CSSc1ccccn1. The van der Waals surface area contributed by atoms with Gasteiger partial charge in [0.05, 0.1) is 31.3 Å². The van der Waals surface area contributed by atoms with Gasteiger partial charge in [0.15, 0.2) is 9.84 Å². The fourth-order valence-corrected chi connectivity index (χ4v) is 5.74. The Balaban J connectivity index is -0.0000000847. The van der Waals surface area contributed by atoms with Crippen molar-refractivity contribution < 1.29 is 60.0 Å². The zero-order chi connectivity index (χ0) is 93.5. The number of halogens is 1. The molecule has 29 heteroatoms. The van der Waals surface area contributed by atoms with Gasteiger partial charge in [0, 0.05) is 86.6 Å². The Bertz CT molecular complexity index is 2950. The highest BCUT2D eigenvalue weighted by Gasteiger charge is 2.33. The van der Waals surface area contributed by atoms with Crippen LogP contribution in [0.3, 0.4) is 0 Å². The van der Waals surface area contributed by atoms with E-state index in [1.807, 2.05) is 198 Å². The molecule has 1 aromatic rings. The number of nitrogens with two attached hydrogens (primary N) is 4. The van der Waals surface area contributed by atoms with E-state index in [2.05, 4.69) is 124 Å². The van der Waals surface area contributed by atoms with Gasteiger partial charge in [0.1, 0.15) is 28.7 Å². The average molecular weight is 1700 g/mol. The van der Waals surface area contributed by atoms with Crippen molar-refractivity contribution in [2.75, 3.05) is 6.26 Å². The van der Waals surface area contributed by atoms with E-state index >= 15 is 0 Å². The summed E-state index contributed by atoms with van der Waals surface area (Å²) in [5, 5.41) is 4.38. The van der Waals surface area contributed by atoms with Gasteiger partial charge in [-0.3, -0.25) is 50.4 Å². The quantitative estimate of drug-likeness (QED) is 0.0147. The van der Waals surface area contributed by atoms with Crippen LogP contribution in [0.4, 0.5) is 0 Å². The standard InChI is InChI=1S/C8H11NO2.C8H16O.C7H14O.C6H7NS2.C6H12O2S.C6H12O.C5H12N2O.C5H9NO.C5H9NS.C5H10O.C5H12.C4H9ClO2S.C4H12N2.C4H11NO.C4H11N/c1-8(2,3)9-6(10)4-5-7(9)11;1-5-7(9)6-8(2,3)4;1-6(8)5-7(2,3)4;1-8-9-6-4-2-3-5-7-6;1-5-9(7,8)6(2,3)4;1-5(7)6(2,3)4;1-5(2,3)4(8)7-6;2*1-5(2,3)6-4-7;1-5(2,3)4-6;1-5(2,3)4;1-4(2,3)8(5,6)7;2*1-4(2,3)6-5;1-4(2,3)5/h4-5H,1-3H3;5-6H2,1-4H3;5H2,1-4H3;2-5H,1H3;5H,1H2,2-4H3;1-4H3;6H2,1-3H3,(H,7,8);2*1-3H3;4H,1-3H3;1-4H3;1-3H3;6H,5H2,1-3H3;5H2,1-3H3;5H2,1-3H3. The maximum Gasteiger partial charge on any atom is 0.254 e. The molecular formula is C82H167ClN10O13S5. The molecule has 0 aliphatic carbocycles. The second kappa shape index (κ2) is 62.0. The maximum absolute atomic E-state index is 11.0. The van der Waals surface area contributed by atoms with Gasteiger partial charge in [-0.05, 0) is 238 Å². The number of hydrogen-bond donors (Lipinski definition) is 6. The van der Waals surface area contributed by atoms with E-state index < -0.39 is 33.9 Å². The van der Waals surface area contributed by atoms with Gasteiger partial charge in [-0.1, -0.05) is 162 Å². The lowest BCUT2D eigenvalue weighted by atomic mass is 9.89. The molecule has 660 valence electrons. The van der Waals surface area contributed by atoms with Crippen LogP contribution in [-0.4, -0.2) is 128 Å². The lowest BCUT2D eigenvalue weighted by molar-refractivity contribution is -0.142. The van der Waals surface area contributed by atoms with Crippen molar-refractivity contribution in [3.05, 3.63) is 48.5 Å². The third-order valence-electron chi connectivity index (χ3n) is 9.76. The number of aromatic nitrogens is 1. The summed E-state index contributed by atoms with van der Waals surface area (Å²) in [7, 11) is 1.93. The molecule has 1 aromatic heterocycles. The molecule has 2 rings (SSSR count). The van der Waals surface area contributed by atoms with E-state index in [1.165, 1.54) is 23.1 Å². The first-order valence-corrected chi connectivity index (χ1v) is 43.2. The minimum Gasteiger partial charge on any atom is -0.326 e. The number of thiocarbonyl (C=S) groups is 1. The molecule has 2 heterocycles. The number of rotatable bonds is 6. The van der Waals surface area contributed by atoms with Gasteiger partial charge in [-0.15, -0.1) is 0 Å². The Morgan fingerprint density at radius 2 is 0.946 bits per heavy atom. The predicted molar refractivity (Wildman–Crippen MR) is 483 cm³/mol. The van der Waals surface area contributed by atoms with E-state index in [4.69, 9.17) is 34.0 Å². The van der Waals surface area contributed by atoms with Crippen molar-refractivity contribution in [1.82, 2.24) is 20.7 Å². The second-order valence-corrected chi connectivity index (χ2v) is 48.7. The summed E-state index contributed by atoms with van der Waals surface area (Å²) < 4.78 is 41.1. The largest absolute Gasteiger partial charge is 0.326 e. The molecule has 10 N–H and O–H groups in total. The summed E-state index contributed by atoms with van der Waals surface area (Å²) in [5.41, 5.74) is 9.42. The highest BCUT2D eigenvalue weighted by atomic mass is 35.7. The van der Waals surface area contributed by atoms with Crippen LogP contribution in [0.1, 0.15) is 338 Å². The zero-order valence-corrected chi connectivity index (χ0v) is 83.6. The van der Waals surface area contributed by atoms with Crippen LogP contribution >= 0.6 is 44.5 Å². The van der Waals surface area contributed by atoms with Crippen molar-refractivity contribution >= 4 is 116 Å². The number of isocyanates is 1. The van der Waals surface area contributed by atoms with Crippen molar-refractivity contribution in [1.29, 1.82) is 0 Å².